The molecule has 2 amide bonds. The SMILES string of the molecule is CCCCCCNC(=O)c1ccc(Cn2cccc2CN(CCC)C(=O)c2ccccc2C)o1. The Morgan fingerprint density at radius 1 is 0.971 bits per heavy atom. The number of nitrogens with one attached hydrogen (secondary N) is 1. The van der Waals surface area contributed by atoms with E-state index in [0.29, 0.717) is 37.7 Å². The summed E-state index contributed by atoms with van der Waals surface area (Å²) in [6.07, 6.45) is 7.33. The number of carbonyl (C=O) groups is 2. The normalized spacial score (nSPS) is 10.9. The molecule has 34 heavy (non-hydrogen) atoms. The average Bonchev–Trinajstić information content (AvgIpc) is 3.48. The molecular weight excluding hydrogens is 426 g/mol. The van der Waals surface area contributed by atoms with Crippen molar-refractivity contribution in [3.05, 3.63) is 83.1 Å². The van der Waals surface area contributed by atoms with Gasteiger partial charge in [-0.2, -0.15) is 0 Å². The van der Waals surface area contributed by atoms with E-state index in [1.54, 1.807) is 6.07 Å². The van der Waals surface area contributed by atoms with Crippen LogP contribution in [-0.2, 0) is 13.1 Å². The highest BCUT2D eigenvalue weighted by Gasteiger charge is 2.19. The number of aromatic nitrogens is 1. The lowest BCUT2D eigenvalue weighted by atomic mass is 10.1. The van der Waals surface area contributed by atoms with Gasteiger partial charge in [0.15, 0.2) is 5.76 Å². The lowest BCUT2D eigenvalue weighted by Crippen LogP contribution is -2.32. The Hall–Kier alpha value is -3.28. The fourth-order valence-electron chi connectivity index (χ4n) is 4.04. The van der Waals surface area contributed by atoms with Crippen LogP contribution in [0, 0.1) is 6.92 Å². The molecule has 2 heterocycles. The first-order chi connectivity index (χ1) is 16.5. The van der Waals surface area contributed by atoms with Crippen molar-refractivity contribution in [2.45, 2.75) is 66.0 Å². The Bertz CT molecular complexity index is 1070. The van der Waals surface area contributed by atoms with E-state index in [4.69, 9.17) is 4.42 Å². The Labute approximate surface area is 203 Å². The van der Waals surface area contributed by atoms with Crippen LogP contribution in [0.4, 0.5) is 0 Å². The third-order valence-electron chi connectivity index (χ3n) is 5.96. The minimum Gasteiger partial charge on any atom is -0.454 e. The van der Waals surface area contributed by atoms with Crippen molar-refractivity contribution in [2.75, 3.05) is 13.1 Å². The van der Waals surface area contributed by atoms with E-state index in [9.17, 15) is 9.59 Å². The van der Waals surface area contributed by atoms with E-state index in [0.717, 1.165) is 36.1 Å². The summed E-state index contributed by atoms with van der Waals surface area (Å²) in [5.74, 6) is 0.916. The minimum absolute atomic E-state index is 0.0450. The highest BCUT2D eigenvalue weighted by Crippen LogP contribution is 2.17. The van der Waals surface area contributed by atoms with Crippen LogP contribution in [0.5, 0.6) is 0 Å². The molecule has 2 aromatic heterocycles. The zero-order valence-corrected chi connectivity index (χ0v) is 20.7. The van der Waals surface area contributed by atoms with Gasteiger partial charge >= 0.3 is 0 Å². The topological polar surface area (TPSA) is 67.5 Å². The van der Waals surface area contributed by atoms with E-state index in [1.807, 2.05) is 60.5 Å². The van der Waals surface area contributed by atoms with Gasteiger partial charge in [0, 0.05) is 30.5 Å². The van der Waals surface area contributed by atoms with Crippen LogP contribution in [0.1, 0.15) is 83.9 Å². The molecule has 1 N–H and O–H groups in total. The molecule has 0 fully saturated rings. The molecule has 6 heteroatoms. The molecule has 182 valence electrons. The highest BCUT2D eigenvalue weighted by molar-refractivity contribution is 5.95. The zero-order chi connectivity index (χ0) is 24.3. The summed E-state index contributed by atoms with van der Waals surface area (Å²) in [6.45, 7) is 8.58. The van der Waals surface area contributed by atoms with Gasteiger partial charge in [0.1, 0.15) is 5.76 Å². The number of amides is 2. The molecule has 0 aliphatic carbocycles. The van der Waals surface area contributed by atoms with Crippen LogP contribution in [0.2, 0.25) is 0 Å². The van der Waals surface area contributed by atoms with Gasteiger partial charge in [-0.3, -0.25) is 9.59 Å². The molecular formula is C28H37N3O3. The largest absolute Gasteiger partial charge is 0.454 e. The van der Waals surface area contributed by atoms with Crippen molar-refractivity contribution in [2.24, 2.45) is 0 Å². The van der Waals surface area contributed by atoms with Gasteiger partial charge < -0.3 is 19.2 Å². The van der Waals surface area contributed by atoms with Gasteiger partial charge in [0.05, 0.1) is 13.1 Å². The predicted molar refractivity (Wildman–Crippen MR) is 135 cm³/mol. The van der Waals surface area contributed by atoms with E-state index >= 15 is 0 Å². The quantitative estimate of drug-likeness (QED) is 0.326. The Morgan fingerprint density at radius 3 is 2.56 bits per heavy atom. The maximum atomic E-state index is 13.2. The molecule has 1 aromatic carbocycles. The second kappa shape index (κ2) is 12.8. The molecule has 0 radical (unpaired) electrons. The van der Waals surface area contributed by atoms with Gasteiger partial charge in [-0.25, -0.2) is 0 Å². The van der Waals surface area contributed by atoms with E-state index in [1.165, 1.54) is 12.8 Å². The lowest BCUT2D eigenvalue weighted by molar-refractivity contribution is 0.0738. The molecule has 0 saturated carbocycles. The number of rotatable bonds is 13. The standard InChI is InChI=1S/C28H37N3O3/c1-4-6-7-10-17-29-27(32)26-16-15-24(34-26)21-30-19-11-13-23(30)20-31(18-5-2)28(33)25-14-9-8-12-22(25)3/h8-9,11-16,19H,4-7,10,17-18,20-21H2,1-3H3,(H,29,32). The number of nitrogens with zero attached hydrogens (tertiary/aromatic N) is 2. The molecule has 3 rings (SSSR count). The smallest absolute Gasteiger partial charge is 0.286 e. The van der Waals surface area contributed by atoms with E-state index in [-0.39, 0.29) is 11.8 Å². The molecule has 3 aromatic rings. The number of aryl methyl sites for hydroxylation is 1. The number of unbranched alkanes of at least 4 members (excludes halogenated alkanes) is 3. The molecule has 6 nitrogen and oxygen atoms in total. The van der Waals surface area contributed by atoms with Gasteiger partial charge in [-0.15, -0.1) is 0 Å². The van der Waals surface area contributed by atoms with Crippen molar-refractivity contribution >= 4 is 11.8 Å². The maximum Gasteiger partial charge on any atom is 0.286 e. The molecule has 0 saturated heterocycles. The zero-order valence-electron chi connectivity index (χ0n) is 20.7. The number of furan rings is 1. The van der Waals surface area contributed by atoms with Crippen LogP contribution in [0.15, 0.2) is 59.1 Å². The lowest BCUT2D eigenvalue weighted by Gasteiger charge is -2.24. The van der Waals surface area contributed by atoms with Gasteiger partial charge in [0.25, 0.3) is 11.8 Å². The number of benzene rings is 1. The summed E-state index contributed by atoms with van der Waals surface area (Å²) in [6, 6.07) is 15.3. The molecule has 0 unspecified atom stereocenters. The summed E-state index contributed by atoms with van der Waals surface area (Å²) in [7, 11) is 0. The van der Waals surface area contributed by atoms with Crippen molar-refractivity contribution in [1.82, 2.24) is 14.8 Å². The second-order valence-electron chi connectivity index (χ2n) is 8.75. The number of carbonyl (C=O) groups excluding carboxylic acids is 2. The van der Waals surface area contributed by atoms with Crippen LogP contribution in [0.25, 0.3) is 0 Å². The fraction of sp³-hybridized carbons (Fsp3) is 0.429. The minimum atomic E-state index is -0.173. The van der Waals surface area contributed by atoms with E-state index in [2.05, 4.69) is 23.7 Å². The average molecular weight is 464 g/mol. The van der Waals surface area contributed by atoms with Gasteiger partial charge in [0.2, 0.25) is 0 Å². The molecule has 0 aliphatic rings. The van der Waals surface area contributed by atoms with Crippen LogP contribution in [0.3, 0.4) is 0 Å². The summed E-state index contributed by atoms with van der Waals surface area (Å²) in [4.78, 5) is 27.5. The highest BCUT2D eigenvalue weighted by atomic mass is 16.4. The third kappa shape index (κ3) is 6.86. The summed E-state index contributed by atoms with van der Waals surface area (Å²) in [5, 5.41) is 2.93. The van der Waals surface area contributed by atoms with Crippen LogP contribution in [-0.4, -0.2) is 34.4 Å². The third-order valence-corrected chi connectivity index (χ3v) is 5.96. The Balaban J connectivity index is 1.63. The first-order valence-corrected chi connectivity index (χ1v) is 12.4. The molecule has 0 spiro atoms. The maximum absolute atomic E-state index is 13.2. The van der Waals surface area contributed by atoms with E-state index < -0.39 is 0 Å². The molecule has 0 atom stereocenters. The van der Waals surface area contributed by atoms with Gasteiger partial charge in [-0.1, -0.05) is 51.3 Å². The number of hydrogen-bond donors (Lipinski definition) is 1. The summed E-state index contributed by atoms with van der Waals surface area (Å²) in [5.41, 5.74) is 2.75. The molecule has 0 aliphatic heterocycles. The summed E-state index contributed by atoms with van der Waals surface area (Å²) >= 11 is 0. The molecule has 0 bridgehead atoms. The van der Waals surface area contributed by atoms with Crippen LogP contribution < -0.4 is 5.32 Å². The second-order valence-corrected chi connectivity index (χ2v) is 8.75. The number of hydrogen-bond acceptors (Lipinski definition) is 3. The van der Waals surface area contributed by atoms with Crippen molar-refractivity contribution in [3.8, 4) is 0 Å². The first kappa shape index (κ1) is 25.3. The van der Waals surface area contributed by atoms with Gasteiger partial charge in [-0.05, 0) is 55.7 Å². The monoisotopic (exact) mass is 463 g/mol. The Morgan fingerprint density at radius 2 is 1.79 bits per heavy atom. The first-order valence-electron chi connectivity index (χ1n) is 12.4. The predicted octanol–water partition coefficient (Wildman–Crippen LogP) is 5.80. The van der Waals surface area contributed by atoms with Crippen molar-refractivity contribution in [3.63, 3.8) is 0 Å². The summed E-state index contributed by atoms with van der Waals surface area (Å²) < 4.78 is 7.89. The fourth-order valence-corrected chi connectivity index (χ4v) is 4.04. The van der Waals surface area contributed by atoms with Crippen LogP contribution >= 0.6 is 0 Å². The van der Waals surface area contributed by atoms with Crippen molar-refractivity contribution < 1.29 is 14.0 Å². The Kier molecular flexibility index (Phi) is 9.56. The van der Waals surface area contributed by atoms with Crippen molar-refractivity contribution in [1.29, 1.82) is 0 Å².